The Morgan fingerprint density at radius 2 is 1.65 bits per heavy atom. The second-order valence-electron chi connectivity index (χ2n) is 8.83. The highest BCUT2D eigenvalue weighted by Gasteiger charge is 2.36. The van der Waals surface area contributed by atoms with Gasteiger partial charge in [-0.15, -0.1) is 0 Å². The zero-order chi connectivity index (χ0) is 18.9. The van der Waals surface area contributed by atoms with Gasteiger partial charge in [0.15, 0.2) is 0 Å². The third-order valence-electron chi connectivity index (χ3n) is 5.30. The normalized spacial score (nSPS) is 22.0. The lowest BCUT2D eigenvalue weighted by atomic mass is 9.99. The van der Waals surface area contributed by atoms with Crippen molar-refractivity contribution in [3.8, 4) is 0 Å². The van der Waals surface area contributed by atoms with Gasteiger partial charge in [0.1, 0.15) is 0 Å². The van der Waals surface area contributed by atoms with Crippen molar-refractivity contribution in [3.63, 3.8) is 0 Å². The molecular weight excluding hydrogens is 326 g/mol. The van der Waals surface area contributed by atoms with E-state index in [1.54, 1.807) is 4.90 Å². The van der Waals surface area contributed by atoms with Crippen molar-refractivity contribution in [2.45, 2.75) is 52.5 Å². The molecule has 1 aromatic carbocycles. The van der Waals surface area contributed by atoms with Crippen LogP contribution >= 0.6 is 0 Å². The van der Waals surface area contributed by atoms with E-state index in [9.17, 15) is 9.59 Å². The first-order valence-corrected chi connectivity index (χ1v) is 9.70. The molecule has 1 N–H and O–H groups in total. The summed E-state index contributed by atoms with van der Waals surface area (Å²) in [4.78, 5) is 28.9. The van der Waals surface area contributed by atoms with Crippen LogP contribution in [0.2, 0.25) is 0 Å². The summed E-state index contributed by atoms with van der Waals surface area (Å²) >= 11 is 0. The van der Waals surface area contributed by atoms with E-state index in [1.165, 1.54) is 18.5 Å². The van der Waals surface area contributed by atoms with Gasteiger partial charge in [-0.2, -0.15) is 0 Å². The van der Waals surface area contributed by atoms with Gasteiger partial charge in [0.05, 0.1) is 5.92 Å². The van der Waals surface area contributed by atoms with Crippen molar-refractivity contribution in [2.75, 3.05) is 29.4 Å². The second-order valence-corrected chi connectivity index (χ2v) is 8.83. The lowest BCUT2D eigenvalue weighted by Gasteiger charge is -2.32. The fourth-order valence-electron chi connectivity index (χ4n) is 3.71. The van der Waals surface area contributed by atoms with Crippen LogP contribution in [0, 0.1) is 11.8 Å². The summed E-state index contributed by atoms with van der Waals surface area (Å²) in [6.07, 6.45) is 2.75. The van der Waals surface area contributed by atoms with Crippen molar-refractivity contribution >= 4 is 23.2 Å². The Kier molecular flexibility index (Phi) is 5.26. The summed E-state index contributed by atoms with van der Waals surface area (Å²) in [5.74, 6) is 0.528. The molecule has 1 aromatic rings. The molecule has 2 amide bonds. The lowest BCUT2D eigenvalue weighted by molar-refractivity contribution is -0.127. The molecule has 2 aliphatic heterocycles. The lowest BCUT2D eigenvalue weighted by Crippen LogP contribution is -2.44. The number of carbonyl (C=O) groups excluding carboxylic acids is 2. The van der Waals surface area contributed by atoms with E-state index in [0.29, 0.717) is 6.54 Å². The van der Waals surface area contributed by atoms with Crippen LogP contribution in [0.4, 0.5) is 11.4 Å². The Morgan fingerprint density at radius 3 is 2.23 bits per heavy atom. The van der Waals surface area contributed by atoms with E-state index in [2.05, 4.69) is 29.3 Å². The van der Waals surface area contributed by atoms with Crippen molar-refractivity contribution in [3.05, 3.63) is 24.3 Å². The molecule has 5 heteroatoms. The fourth-order valence-corrected chi connectivity index (χ4v) is 3.71. The Labute approximate surface area is 156 Å². The number of hydrogen-bond acceptors (Lipinski definition) is 3. The Balaban J connectivity index is 1.64. The van der Waals surface area contributed by atoms with Crippen LogP contribution in [0.1, 0.15) is 47.0 Å². The minimum absolute atomic E-state index is 0.0265. The van der Waals surface area contributed by atoms with Crippen molar-refractivity contribution in [1.82, 2.24) is 5.32 Å². The minimum Gasteiger partial charge on any atom is -0.372 e. The average molecular weight is 357 g/mol. The van der Waals surface area contributed by atoms with Crippen LogP contribution in [0.25, 0.3) is 0 Å². The zero-order valence-corrected chi connectivity index (χ0v) is 16.4. The summed E-state index contributed by atoms with van der Waals surface area (Å²) in [5, 5.41) is 2.98. The van der Waals surface area contributed by atoms with Crippen LogP contribution in [0.3, 0.4) is 0 Å². The quantitative estimate of drug-likeness (QED) is 0.904. The van der Waals surface area contributed by atoms with Gasteiger partial charge >= 0.3 is 0 Å². The molecule has 142 valence electrons. The maximum atomic E-state index is 12.4. The molecule has 5 nitrogen and oxygen atoms in total. The van der Waals surface area contributed by atoms with Gasteiger partial charge < -0.3 is 15.1 Å². The smallest absolute Gasteiger partial charge is 0.227 e. The van der Waals surface area contributed by atoms with Crippen molar-refractivity contribution < 1.29 is 9.59 Å². The monoisotopic (exact) mass is 357 g/mol. The number of anilines is 2. The number of nitrogens with zero attached hydrogens (tertiary/aromatic N) is 2. The van der Waals surface area contributed by atoms with Gasteiger partial charge in [-0.05, 0) is 63.8 Å². The molecule has 0 radical (unpaired) electrons. The predicted octanol–water partition coefficient (Wildman–Crippen LogP) is 3.19. The highest BCUT2D eigenvalue weighted by Crippen LogP contribution is 2.29. The Morgan fingerprint density at radius 1 is 1.08 bits per heavy atom. The molecule has 0 saturated carbocycles. The van der Waals surface area contributed by atoms with Gasteiger partial charge in [0, 0.05) is 43.0 Å². The molecule has 2 fully saturated rings. The third kappa shape index (κ3) is 4.37. The molecule has 2 saturated heterocycles. The minimum atomic E-state index is -0.277. The summed E-state index contributed by atoms with van der Waals surface area (Å²) in [6, 6.07) is 8.22. The first-order chi connectivity index (χ1) is 12.2. The van der Waals surface area contributed by atoms with Gasteiger partial charge in [0.2, 0.25) is 11.8 Å². The van der Waals surface area contributed by atoms with E-state index < -0.39 is 0 Å². The van der Waals surface area contributed by atoms with Gasteiger partial charge in [0.25, 0.3) is 0 Å². The van der Waals surface area contributed by atoms with E-state index in [1.807, 2.05) is 32.9 Å². The molecule has 0 aromatic heterocycles. The van der Waals surface area contributed by atoms with Gasteiger partial charge in [-0.3, -0.25) is 9.59 Å². The van der Waals surface area contributed by atoms with Crippen LogP contribution < -0.4 is 15.1 Å². The number of carbonyl (C=O) groups is 2. The molecule has 0 spiro atoms. The van der Waals surface area contributed by atoms with Gasteiger partial charge in [-0.25, -0.2) is 0 Å². The summed E-state index contributed by atoms with van der Waals surface area (Å²) < 4.78 is 0. The zero-order valence-electron chi connectivity index (χ0n) is 16.4. The summed E-state index contributed by atoms with van der Waals surface area (Å²) in [5.41, 5.74) is 1.82. The molecule has 26 heavy (non-hydrogen) atoms. The van der Waals surface area contributed by atoms with Crippen LogP contribution in [-0.4, -0.2) is 37.0 Å². The number of piperidine rings is 1. The van der Waals surface area contributed by atoms with Gasteiger partial charge in [-0.1, -0.05) is 6.92 Å². The van der Waals surface area contributed by atoms with Crippen molar-refractivity contribution in [2.24, 2.45) is 11.8 Å². The first-order valence-electron chi connectivity index (χ1n) is 9.70. The SMILES string of the molecule is CC1CCN(c2ccc(N3CC(C(=O)NC(C)(C)C)CC3=O)cc2)CC1. The third-order valence-corrected chi connectivity index (χ3v) is 5.30. The number of nitrogens with one attached hydrogen (secondary N) is 1. The second kappa shape index (κ2) is 7.29. The molecule has 1 atom stereocenters. The Bertz CT molecular complexity index is 655. The maximum Gasteiger partial charge on any atom is 0.227 e. The number of benzene rings is 1. The van der Waals surface area contributed by atoms with E-state index in [-0.39, 0.29) is 29.7 Å². The van der Waals surface area contributed by atoms with E-state index >= 15 is 0 Å². The van der Waals surface area contributed by atoms with Crippen LogP contribution in [-0.2, 0) is 9.59 Å². The van der Waals surface area contributed by atoms with Crippen LogP contribution in [0.15, 0.2) is 24.3 Å². The summed E-state index contributed by atoms with van der Waals surface area (Å²) in [6.45, 7) is 10.8. The topological polar surface area (TPSA) is 52.6 Å². The maximum absolute atomic E-state index is 12.4. The molecule has 2 heterocycles. The van der Waals surface area contributed by atoms with E-state index in [0.717, 1.165) is 24.7 Å². The standard InChI is InChI=1S/C21H31N3O2/c1-15-9-11-23(12-10-15)17-5-7-18(8-6-17)24-14-16(13-19(24)25)20(26)22-21(2,3)4/h5-8,15-16H,9-14H2,1-4H3,(H,22,26). The summed E-state index contributed by atoms with van der Waals surface area (Å²) in [7, 11) is 0. The molecule has 3 rings (SSSR count). The Hall–Kier alpha value is -2.04. The number of amides is 2. The van der Waals surface area contributed by atoms with Crippen molar-refractivity contribution in [1.29, 1.82) is 0 Å². The molecule has 0 aliphatic carbocycles. The predicted molar refractivity (Wildman–Crippen MR) is 105 cm³/mol. The number of rotatable bonds is 3. The first kappa shape index (κ1) is 18.7. The highest BCUT2D eigenvalue weighted by atomic mass is 16.2. The molecular formula is C21H31N3O2. The molecule has 2 aliphatic rings. The number of hydrogen-bond donors (Lipinski definition) is 1. The molecule has 0 bridgehead atoms. The molecule has 1 unspecified atom stereocenters. The van der Waals surface area contributed by atoms with E-state index in [4.69, 9.17) is 0 Å². The van der Waals surface area contributed by atoms with Crippen LogP contribution in [0.5, 0.6) is 0 Å². The fraction of sp³-hybridized carbons (Fsp3) is 0.619. The largest absolute Gasteiger partial charge is 0.372 e. The average Bonchev–Trinajstić information content (AvgIpc) is 2.96. The highest BCUT2D eigenvalue weighted by molar-refractivity contribution is 6.00.